The number of rotatable bonds is 4. The van der Waals surface area contributed by atoms with Gasteiger partial charge in [0.15, 0.2) is 5.75 Å². The number of carbonyl (C=O) groups excluding carboxylic acids is 1. The van der Waals surface area contributed by atoms with Crippen LogP contribution in [0.2, 0.25) is 0 Å². The zero-order chi connectivity index (χ0) is 12.8. The van der Waals surface area contributed by atoms with Crippen LogP contribution in [0, 0.1) is 11.3 Å². The number of anilines is 1. The van der Waals surface area contributed by atoms with Gasteiger partial charge in [0.25, 0.3) is 5.91 Å². The lowest BCUT2D eigenvalue weighted by Gasteiger charge is -2.15. The molecule has 0 radical (unpaired) electrons. The molecule has 0 aliphatic heterocycles. The molecule has 1 aromatic carbocycles. The van der Waals surface area contributed by atoms with E-state index >= 15 is 0 Å². The second-order valence-electron chi connectivity index (χ2n) is 5.56. The largest absolute Gasteiger partial charge is 0.505 e. The van der Waals surface area contributed by atoms with Gasteiger partial charge in [0.1, 0.15) is 0 Å². The number of nitrogen functional groups attached to an aromatic ring is 1. The Balaban J connectivity index is 1.66. The smallest absolute Gasteiger partial charge is 0.255 e. The predicted octanol–water partition coefficient (Wildman–Crippen LogP) is 1.89. The lowest BCUT2D eigenvalue weighted by Crippen LogP contribution is -2.31. The Labute approximate surface area is 106 Å². The standard InChI is InChI=1S/C14H18N2O2/c15-11-3-1-2-10(12(11)17)13(18)16-8-14(6-7-14)9-4-5-9/h1-3,9,17H,4-8,15H2,(H,16,18). The highest BCUT2D eigenvalue weighted by atomic mass is 16.3. The van der Waals surface area contributed by atoms with Crippen LogP contribution in [0.1, 0.15) is 36.0 Å². The molecule has 2 aliphatic carbocycles. The molecule has 4 nitrogen and oxygen atoms in total. The second kappa shape index (κ2) is 3.90. The number of aromatic hydroxyl groups is 1. The van der Waals surface area contributed by atoms with Crippen molar-refractivity contribution < 1.29 is 9.90 Å². The van der Waals surface area contributed by atoms with Crippen molar-refractivity contribution in [2.45, 2.75) is 25.7 Å². The summed E-state index contributed by atoms with van der Waals surface area (Å²) < 4.78 is 0. The van der Waals surface area contributed by atoms with Crippen molar-refractivity contribution in [2.75, 3.05) is 12.3 Å². The van der Waals surface area contributed by atoms with Gasteiger partial charge in [0.2, 0.25) is 0 Å². The number of nitrogens with one attached hydrogen (secondary N) is 1. The Kier molecular flexibility index (Phi) is 2.47. The molecule has 2 aliphatic rings. The first-order chi connectivity index (χ1) is 8.62. The highest BCUT2D eigenvalue weighted by Crippen LogP contribution is 2.60. The SMILES string of the molecule is Nc1cccc(C(=O)NCC2(C3CC3)CC2)c1O. The topological polar surface area (TPSA) is 75.4 Å². The fourth-order valence-electron chi connectivity index (χ4n) is 2.68. The minimum atomic E-state index is -0.230. The van der Waals surface area contributed by atoms with E-state index in [9.17, 15) is 9.90 Å². The third-order valence-corrected chi connectivity index (χ3v) is 4.25. The monoisotopic (exact) mass is 246 g/mol. The average molecular weight is 246 g/mol. The van der Waals surface area contributed by atoms with Crippen molar-refractivity contribution in [3.8, 4) is 5.75 Å². The summed E-state index contributed by atoms with van der Waals surface area (Å²) in [6, 6.07) is 4.86. The van der Waals surface area contributed by atoms with Crippen LogP contribution in [0.25, 0.3) is 0 Å². The fourth-order valence-corrected chi connectivity index (χ4v) is 2.68. The van der Waals surface area contributed by atoms with Crippen LogP contribution in [0.5, 0.6) is 5.75 Å². The van der Waals surface area contributed by atoms with Crippen LogP contribution >= 0.6 is 0 Å². The first kappa shape index (κ1) is 11.4. The number of carbonyl (C=O) groups is 1. The zero-order valence-corrected chi connectivity index (χ0v) is 10.3. The summed E-state index contributed by atoms with van der Waals surface area (Å²) in [7, 11) is 0. The molecule has 18 heavy (non-hydrogen) atoms. The molecular formula is C14H18N2O2. The molecule has 4 N–H and O–H groups in total. The molecule has 4 heteroatoms. The van der Waals surface area contributed by atoms with E-state index in [0.717, 1.165) is 12.5 Å². The molecule has 3 rings (SSSR count). The molecule has 96 valence electrons. The van der Waals surface area contributed by atoms with Gasteiger partial charge in [-0.15, -0.1) is 0 Å². The third kappa shape index (κ3) is 1.92. The maximum absolute atomic E-state index is 12.0. The normalized spacial score (nSPS) is 20.4. The van der Waals surface area contributed by atoms with E-state index < -0.39 is 0 Å². The number of hydrogen-bond acceptors (Lipinski definition) is 3. The molecule has 2 fully saturated rings. The van der Waals surface area contributed by atoms with Crippen molar-refractivity contribution in [1.29, 1.82) is 0 Å². The highest BCUT2D eigenvalue weighted by molar-refractivity contribution is 5.98. The number of phenols is 1. The van der Waals surface area contributed by atoms with Crippen LogP contribution < -0.4 is 11.1 Å². The molecule has 1 amide bonds. The lowest BCUT2D eigenvalue weighted by atomic mass is 10.0. The van der Waals surface area contributed by atoms with E-state index in [2.05, 4.69) is 5.32 Å². The molecule has 0 atom stereocenters. The summed E-state index contributed by atoms with van der Waals surface area (Å²) in [5.41, 5.74) is 6.45. The van der Waals surface area contributed by atoms with Crippen LogP contribution in [0.4, 0.5) is 5.69 Å². The lowest BCUT2D eigenvalue weighted by molar-refractivity contribution is 0.0940. The van der Waals surface area contributed by atoms with Gasteiger partial charge in [0.05, 0.1) is 11.3 Å². The van der Waals surface area contributed by atoms with E-state index in [1.807, 2.05) is 0 Å². The van der Waals surface area contributed by atoms with E-state index in [0.29, 0.717) is 5.41 Å². The second-order valence-corrected chi connectivity index (χ2v) is 5.56. The Morgan fingerprint density at radius 3 is 2.78 bits per heavy atom. The molecule has 2 saturated carbocycles. The Hall–Kier alpha value is -1.71. The average Bonchev–Trinajstić information content (AvgIpc) is 3.22. The van der Waals surface area contributed by atoms with E-state index in [-0.39, 0.29) is 22.9 Å². The van der Waals surface area contributed by atoms with Gasteiger partial charge in [-0.05, 0) is 49.1 Å². The highest BCUT2D eigenvalue weighted by Gasteiger charge is 2.53. The maximum atomic E-state index is 12.0. The Morgan fingerprint density at radius 1 is 1.44 bits per heavy atom. The quantitative estimate of drug-likeness (QED) is 0.561. The predicted molar refractivity (Wildman–Crippen MR) is 69.2 cm³/mol. The van der Waals surface area contributed by atoms with Crippen LogP contribution in [0.15, 0.2) is 18.2 Å². The minimum Gasteiger partial charge on any atom is -0.505 e. The number of hydrogen-bond donors (Lipinski definition) is 3. The summed E-state index contributed by atoms with van der Waals surface area (Å²) in [4.78, 5) is 12.0. The molecular weight excluding hydrogens is 228 g/mol. The fraction of sp³-hybridized carbons (Fsp3) is 0.500. The summed E-state index contributed by atoms with van der Waals surface area (Å²) in [6.45, 7) is 0.727. The number of para-hydroxylation sites is 1. The van der Waals surface area contributed by atoms with Gasteiger partial charge >= 0.3 is 0 Å². The summed E-state index contributed by atoms with van der Waals surface area (Å²) in [6.07, 6.45) is 5.06. The van der Waals surface area contributed by atoms with Gasteiger partial charge in [-0.25, -0.2) is 0 Å². The molecule has 0 bridgehead atoms. The number of nitrogens with two attached hydrogens (primary N) is 1. The first-order valence-corrected chi connectivity index (χ1v) is 6.48. The first-order valence-electron chi connectivity index (χ1n) is 6.48. The number of phenolic OH excluding ortho intramolecular Hbond substituents is 1. The Bertz CT molecular complexity index is 491. The van der Waals surface area contributed by atoms with Crippen LogP contribution in [-0.4, -0.2) is 17.6 Å². The van der Waals surface area contributed by atoms with Crippen molar-refractivity contribution in [2.24, 2.45) is 11.3 Å². The van der Waals surface area contributed by atoms with Crippen LogP contribution in [-0.2, 0) is 0 Å². The van der Waals surface area contributed by atoms with Crippen molar-refractivity contribution in [1.82, 2.24) is 5.32 Å². The van der Waals surface area contributed by atoms with Crippen LogP contribution in [0.3, 0.4) is 0 Å². The number of benzene rings is 1. The van der Waals surface area contributed by atoms with E-state index in [1.165, 1.54) is 25.7 Å². The Morgan fingerprint density at radius 2 is 2.17 bits per heavy atom. The maximum Gasteiger partial charge on any atom is 0.255 e. The zero-order valence-electron chi connectivity index (χ0n) is 10.3. The molecule has 0 heterocycles. The van der Waals surface area contributed by atoms with Crippen molar-refractivity contribution in [3.05, 3.63) is 23.8 Å². The molecule has 0 saturated heterocycles. The van der Waals surface area contributed by atoms with Gasteiger partial charge in [0, 0.05) is 6.54 Å². The van der Waals surface area contributed by atoms with E-state index in [4.69, 9.17) is 5.73 Å². The molecule has 0 spiro atoms. The third-order valence-electron chi connectivity index (χ3n) is 4.25. The minimum absolute atomic E-state index is 0.119. The van der Waals surface area contributed by atoms with Gasteiger partial charge in [-0.1, -0.05) is 6.07 Å². The summed E-state index contributed by atoms with van der Waals surface area (Å²) in [5.74, 6) is 0.463. The van der Waals surface area contributed by atoms with Gasteiger partial charge < -0.3 is 16.2 Å². The van der Waals surface area contributed by atoms with Crippen molar-refractivity contribution in [3.63, 3.8) is 0 Å². The van der Waals surface area contributed by atoms with Gasteiger partial charge in [-0.3, -0.25) is 4.79 Å². The van der Waals surface area contributed by atoms with Crippen molar-refractivity contribution >= 4 is 11.6 Å². The van der Waals surface area contributed by atoms with Gasteiger partial charge in [-0.2, -0.15) is 0 Å². The summed E-state index contributed by atoms with van der Waals surface area (Å²) in [5, 5.41) is 12.7. The molecule has 0 unspecified atom stereocenters. The molecule has 0 aromatic heterocycles. The number of amides is 1. The summed E-state index contributed by atoms with van der Waals surface area (Å²) >= 11 is 0. The molecule has 1 aromatic rings. The van der Waals surface area contributed by atoms with E-state index in [1.54, 1.807) is 18.2 Å².